The highest BCUT2D eigenvalue weighted by Gasteiger charge is 2.37. The van der Waals surface area contributed by atoms with E-state index in [1.165, 1.54) is 71.7 Å². The van der Waals surface area contributed by atoms with Gasteiger partial charge in [-0.15, -0.1) is 0 Å². The van der Waals surface area contributed by atoms with Crippen LogP contribution in [0.2, 0.25) is 0 Å². The van der Waals surface area contributed by atoms with Crippen LogP contribution >= 0.6 is 11.8 Å². The number of hydrogen-bond donors (Lipinski definition) is 0. The lowest BCUT2D eigenvalue weighted by Gasteiger charge is -2.42. The molecule has 372 valence electrons. The normalized spacial score (nSPS) is 14.0. The second-order valence-electron chi connectivity index (χ2n) is 23.1. The number of para-hydroxylation sites is 8. The summed E-state index contributed by atoms with van der Waals surface area (Å²) in [5, 5.41) is 0. The van der Waals surface area contributed by atoms with Gasteiger partial charge in [0.25, 0.3) is 0 Å². The van der Waals surface area contributed by atoms with Crippen LogP contribution in [0.4, 0.5) is 51.2 Å². The Labute approximate surface area is 445 Å². The minimum Gasteiger partial charge on any atom is -0.453 e. The number of fused-ring (bicyclic) bond motifs is 6. The summed E-state index contributed by atoms with van der Waals surface area (Å²) in [7, 11) is 0. The van der Waals surface area contributed by atoms with Crippen molar-refractivity contribution in [1.29, 1.82) is 0 Å². The highest BCUT2D eigenvalue weighted by atomic mass is 32.2. The van der Waals surface area contributed by atoms with E-state index in [0.717, 1.165) is 28.6 Å². The second-order valence-corrected chi connectivity index (χ2v) is 24.2. The first-order chi connectivity index (χ1) is 35.4. The molecule has 12 rings (SSSR count). The zero-order chi connectivity index (χ0) is 52.0. The van der Waals surface area contributed by atoms with E-state index in [1.54, 1.807) is 0 Å². The van der Waals surface area contributed by atoms with E-state index in [-0.39, 0.29) is 21.7 Å². The first-order valence-electron chi connectivity index (χ1n) is 26.0. The Morgan fingerprint density at radius 1 is 0.324 bits per heavy atom. The Balaban J connectivity index is 0.000000127. The molecule has 0 aromatic heterocycles. The fraction of sp³-hybridized carbons (Fsp3) is 0.217. The highest BCUT2D eigenvalue weighted by molar-refractivity contribution is 7.99. The largest absolute Gasteiger partial charge is 0.453 e. The van der Waals surface area contributed by atoms with Crippen LogP contribution in [-0.2, 0) is 21.7 Å². The van der Waals surface area contributed by atoms with E-state index in [2.05, 4.69) is 285 Å². The zero-order valence-corrected chi connectivity index (χ0v) is 45.8. The lowest BCUT2D eigenvalue weighted by atomic mass is 9.73. The van der Waals surface area contributed by atoms with Gasteiger partial charge in [-0.2, -0.15) is 0 Å². The molecule has 0 spiro atoms. The Bertz CT molecular complexity index is 3190. The van der Waals surface area contributed by atoms with Gasteiger partial charge in [-0.25, -0.2) is 0 Å². The van der Waals surface area contributed by atoms with Crippen LogP contribution in [0.1, 0.15) is 104 Å². The third kappa shape index (κ3) is 9.86. The minimum absolute atomic E-state index is 0.00861. The maximum absolute atomic E-state index is 6.09. The molecule has 0 aliphatic carbocycles. The molecule has 0 bridgehead atoms. The topological polar surface area (TPSA) is 19.0 Å². The van der Waals surface area contributed by atoms with Crippen molar-refractivity contribution >= 4 is 62.9 Å². The monoisotopic (exact) mass is 988 g/mol. The quantitative estimate of drug-likeness (QED) is 0.175. The molecule has 3 aliphatic heterocycles. The third-order valence-electron chi connectivity index (χ3n) is 14.4. The van der Waals surface area contributed by atoms with E-state index in [1.807, 2.05) is 36.0 Å². The first-order valence-corrected chi connectivity index (χ1v) is 26.8. The smallest absolute Gasteiger partial charge is 0.151 e. The van der Waals surface area contributed by atoms with Crippen molar-refractivity contribution in [2.75, 3.05) is 14.7 Å². The van der Waals surface area contributed by atoms with Crippen molar-refractivity contribution in [2.24, 2.45) is 0 Å². The van der Waals surface area contributed by atoms with Crippen LogP contribution in [0.15, 0.2) is 228 Å². The van der Waals surface area contributed by atoms with Crippen LogP contribution in [0.3, 0.4) is 0 Å². The number of nitrogens with zero attached hydrogens (tertiary/aromatic N) is 3. The molecule has 0 amide bonds. The summed E-state index contributed by atoms with van der Waals surface area (Å²) in [5.74, 6) is 1.77. The molecular weight excluding hydrogens is 919 g/mol. The van der Waals surface area contributed by atoms with Gasteiger partial charge < -0.3 is 19.4 Å². The summed E-state index contributed by atoms with van der Waals surface area (Å²) in [6.07, 6.45) is 0. The molecule has 5 heteroatoms. The van der Waals surface area contributed by atoms with Crippen molar-refractivity contribution in [2.45, 2.75) is 108 Å². The number of ether oxygens (including phenoxy) is 1. The Morgan fingerprint density at radius 2 is 0.622 bits per heavy atom. The zero-order valence-electron chi connectivity index (χ0n) is 44.9. The fourth-order valence-corrected chi connectivity index (χ4v) is 11.3. The van der Waals surface area contributed by atoms with E-state index in [0.29, 0.717) is 0 Å². The van der Waals surface area contributed by atoms with E-state index >= 15 is 0 Å². The molecule has 0 fully saturated rings. The fourth-order valence-electron chi connectivity index (χ4n) is 10.2. The molecule has 4 nitrogen and oxygen atoms in total. The Morgan fingerprint density at radius 3 is 1.00 bits per heavy atom. The third-order valence-corrected chi connectivity index (χ3v) is 15.5. The molecule has 3 heterocycles. The summed E-state index contributed by atoms with van der Waals surface area (Å²) in [6.45, 7) is 25.0. The number of rotatable bonds is 3. The number of benzene rings is 9. The molecule has 0 unspecified atom stereocenters. The maximum atomic E-state index is 6.09. The number of anilines is 9. The highest BCUT2D eigenvalue weighted by Crippen LogP contribution is 2.54. The molecule has 74 heavy (non-hydrogen) atoms. The van der Waals surface area contributed by atoms with Gasteiger partial charge in [-0.05, 0) is 141 Å². The average Bonchev–Trinajstić information content (AvgIpc) is 3.40. The lowest BCUT2D eigenvalue weighted by Crippen LogP contribution is -2.30. The summed E-state index contributed by atoms with van der Waals surface area (Å²) in [5.41, 5.74) is 18.0. The Kier molecular flexibility index (Phi) is 13.4. The maximum Gasteiger partial charge on any atom is 0.151 e. The molecule has 9 aromatic carbocycles. The van der Waals surface area contributed by atoms with Crippen LogP contribution in [0.5, 0.6) is 11.5 Å². The van der Waals surface area contributed by atoms with Crippen LogP contribution in [-0.4, -0.2) is 0 Å². The minimum atomic E-state index is -0.00861. The van der Waals surface area contributed by atoms with Crippen LogP contribution in [0.25, 0.3) is 0 Å². The summed E-state index contributed by atoms with van der Waals surface area (Å²) in [4.78, 5) is 9.69. The van der Waals surface area contributed by atoms with Gasteiger partial charge in [-0.3, -0.25) is 0 Å². The van der Waals surface area contributed by atoms with Crippen molar-refractivity contribution < 1.29 is 4.74 Å². The Hall–Kier alpha value is -7.47. The van der Waals surface area contributed by atoms with Crippen LogP contribution < -0.4 is 19.4 Å². The van der Waals surface area contributed by atoms with Gasteiger partial charge in [0.1, 0.15) is 0 Å². The van der Waals surface area contributed by atoms with Crippen molar-refractivity contribution in [3.63, 3.8) is 0 Å². The van der Waals surface area contributed by atoms with Crippen LogP contribution in [0, 0.1) is 0 Å². The van der Waals surface area contributed by atoms with Crippen molar-refractivity contribution in [1.82, 2.24) is 0 Å². The van der Waals surface area contributed by atoms with Gasteiger partial charge >= 0.3 is 0 Å². The molecule has 0 atom stereocenters. The predicted octanol–water partition coefficient (Wildman–Crippen LogP) is 20.6. The van der Waals surface area contributed by atoms with E-state index in [4.69, 9.17) is 4.74 Å². The molecular formula is C69H69N3OS. The molecule has 0 saturated heterocycles. The van der Waals surface area contributed by atoms with Crippen molar-refractivity contribution in [3.8, 4) is 11.5 Å². The van der Waals surface area contributed by atoms with Gasteiger partial charge in [-0.1, -0.05) is 209 Å². The second kappa shape index (κ2) is 19.8. The number of hydrogen-bond acceptors (Lipinski definition) is 5. The summed E-state index contributed by atoms with van der Waals surface area (Å²) < 4.78 is 6.09. The van der Waals surface area contributed by atoms with Gasteiger partial charge in [0.05, 0.1) is 34.1 Å². The predicted molar refractivity (Wildman–Crippen MR) is 316 cm³/mol. The summed E-state index contributed by atoms with van der Waals surface area (Å²) >= 11 is 1.85. The van der Waals surface area contributed by atoms with Gasteiger partial charge in [0, 0.05) is 32.3 Å². The summed E-state index contributed by atoms with van der Waals surface area (Å²) in [6, 6.07) is 78.0. The molecule has 3 aliphatic rings. The van der Waals surface area contributed by atoms with Gasteiger partial charge in [0.2, 0.25) is 0 Å². The average molecular weight is 988 g/mol. The van der Waals surface area contributed by atoms with E-state index in [9.17, 15) is 0 Å². The van der Waals surface area contributed by atoms with E-state index < -0.39 is 0 Å². The SMILES string of the molecule is CC(C)(C)c1cccc(N2c3ccccc3C(C)(C)c3ccccc32)c1.CC(C)(C)c1cccc(N2c3ccccc3Oc3ccccc32)c1.CC(C)(C)c1cccc(N2c3ccccc3Sc3ccccc32)c1. The van der Waals surface area contributed by atoms with Crippen molar-refractivity contribution in [3.05, 3.63) is 246 Å². The molecule has 0 N–H and O–H groups in total. The lowest BCUT2D eigenvalue weighted by molar-refractivity contribution is 0.477. The first kappa shape index (κ1) is 50.1. The molecule has 0 saturated carbocycles. The molecule has 0 radical (unpaired) electrons. The van der Waals surface area contributed by atoms with Gasteiger partial charge in [0.15, 0.2) is 11.5 Å². The molecule has 9 aromatic rings. The standard InChI is InChI=1S/C25H27N.C22H21NO.C22H21NS/c1-24(2,3)18-11-10-12-19(17-18)26-22-15-8-6-13-20(22)25(4,5)21-14-7-9-16-23(21)26;2*1-22(2,3)16-9-8-10-17(15-16)23-18-11-4-6-13-20(18)24-21-14-7-5-12-19(21)23/h6-17H,1-5H3;2*4-15H,1-3H3.